The average Bonchev–Trinajstić information content (AvgIpc) is 2.31. The molecule has 0 bridgehead atoms. The number of amides is 1. The van der Waals surface area contributed by atoms with Crippen LogP contribution in [-0.2, 0) is 14.3 Å². The van der Waals surface area contributed by atoms with Crippen molar-refractivity contribution in [3.63, 3.8) is 0 Å². The second kappa shape index (κ2) is 6.59. The molecule has 0 aromatic heterocycles. The van der Waals surface area contributed by atoms with E-state index in [1.54, 1.807) is 19.0 Å². The van der Waals surface area contributed by atoms with Crippen LogP contribution in [-0.4, -0.2) is 62.0 Å². The van der Waals surface area contributed by atoms with Crippen molar-refractivity contribution >= 4 is 11.9 Å². The summed E-state index contributed by atoms with van der Waals surface area (Å²) in [4.78, 5) is 26.7. The number of carbonyl (C=O) groups is 2. The standard InChI is InChI=1S/C12H22N2O3/c1-13(2)11(15)9-14-7-5-4-6-10(14)8-12(16)17-3/h10H,4-9H2,1-3H3. The predicted molar refractivity (Wildman–Crippen MR) is 64.5 cm³/mol. The molecule has 1 aliphatic rings. The van der Waals surface area contributed by atoms with Gasteiger partial charge in [0.15, 0.2) is 0 Å². The zero-order valence-corrected chi connectivity index (χ0v) is 10.9. The van der Waals surface area contributed by atoms with Crippen LogP contribution in [0.4, 0.5) is 0 Å². The quantitative estimate of drug-likeness (QED) is 0.673. The van der Waals surface area contributed by atoms with Gasteiger partial charge in [0.25, 0.3) is 0 Å². The van der Waals surface area contributed by atoms with E-state index in [-0.39, 0.29) is 17.9 Å². The smallest absolute Gasteiger partial charge is 0.307 e. The summed E-state index contributed by atoms with van der Waals surface area (Å²) in [6.07, 6.45) is 3.57. The Morgan fingerprint density at radius 3 is 2.65 bits per heavy atom. The molecular weight excluding hydrogens is 220 g/mol. The number of likely N-dealkylation sites (N-methyl/N-ethyl adjacent to an activating group) is 1. The Morgan fingerprint density at radius 1 is 1.35 bits per heavy atom. The summed E-state index contributed by atoms with van der Waals surface area (Å²) in [7, 11) is 4.91. The molecule has 0 N–H and O–H groups in total. The molecule has 1 aliphatic heterocycles. The fraction of sp³-hybridized carbons (Fsp3) is 0.833. The number of ether oxygens (including phenoxy) is 1. The molecule has 1 rings (SSSR count). The minimum Gasteiger partial charge on any atom is -0.469 e. The first-order valence-electron chi connectivity index (χ1n) is 6.05. The lowest BCUT2D eigenvalue weighted by Gasteiger charge is -2.35. The van der Waals surface area contributed by atoms with Gasteiger partial charge in [-0.2, -0.15) is 0 Å². The molecule has 1 heterocycles. The van der Waals surface area contributed by atoms with Gasteiger partial charge in [0, 0.05) is 20.1 Å². The summed E-state index contributed by atoms with van der Waals surface area (Å²) in [6, 6.07) is 0.153. The largest absolute Gasteiger partial charge is 0.469 e. The van der Waals surface area contributed by atoms with Crippen molar-refractivity contribution in [2.24, 2.45) is 0 Å². The number of piperidine rings is 1. The van der Waals surface area contributed by atoms with E-state index < -0.39 is 0 Å². The van der Waals surface area contributed by atoms with Gasteiger partial charge in [0.2, 0.25) is 5.91 Å². The van der Waals surface area contributed by atoms with Gasteiger partial charge in [-0.15, -0.1) is 0 Å². The van der Waals surface area contributed by atoms with E-state index >= 15 is 0 Å². The third kappa shape index (κ3) is 4.34. The van der Waals surface area contributed by atoms with Gasteiger partial charge in [0.05, 0.1) is 20.1 Å². The van der Waals surface area contributed by atoms with E-state index in [9.17, 15) is 9.59 Å². The Kier molecular flexibility index (Phi) is 5.41. The summed E-state index contributed by atoms with van der Waals surface area (Å²) in [6.45, 7) is 1.29. The summed E-state index contributed by atoms with van der Waals surface area (Å²) in [5.74, 6) is -0.110. The molecule has 1 atom stereocenters. The summed E-state index contributed by atoms with van der Waals surface area (Å²) < 4.78 is 4.69. The van der Waals surface area contributed by atoms with Crippen LogP contribution in [0.15, 0.2) is 0 Å². The van der Waals surface area contributed by atoms with E-state index in [2.05, 4.69) is 4.90 Å². The Balaban J connectivity index is 2.53. The highest BCUT2D eigenvalue weighted by Gasteiger charge is 2.26. The summed E-state index contributed by atoms with van der Waals surface area (Å²) >= 11 is 0. The van der Waals surface area contributed by atoms with Crippen LogP contribution in [0.1, 0.15) is 25.7 Å². The maximum atomic E-state index is 11.7. The molecule has 0 spiro atoms. The zero-order valence-electron chi connectivity index (χ0n) is 10.9. The molecule has 0 aromatic carbocycles. The van der Waals surface area contributed by atoms with Crippen LogP contribution in [0.25, 0.3) is 0 Å². The Morgan fingerprint density at radius 2 is 2.06 bits per heavy atom. The summed E-state index contributed by atoms with van der Waals surface area (Å²) in [5.41, 5.74) is 0. The van der Waals surface area contributed by atoms with Crippen molar-refractivity contribution in [3.05, 3.63) is 0 Å². The van der Waals surface area contributed by atoms with E-state index in [4.69, 9.17) is 4.74 Å². The maximum Gasteiger partial charge on any atom is 0.307 e. The number of carbonyl (C=O) groups excluding carboxylic acids is 2. The second-order valence-electron chi connectivity index (χ2n) is 4.69. The molecule has 5 heteroatoms. The number of esters is 1. The fourth-order valence-corrected chi connectivity index (χ4v) is 2.09. The number of hydrogen-bond acceptors (Lipinski definition) is 4. The number of rotatable bonds is 4. The van der Waals surface area contributed by atoms with Crippen molar-refractivity contribution < 1.29 is 14.3 Å². The Hall–Kier alpha value is -1.10. The number of likely N-dealkylation sites (tertiary alicyclic amines) is 1. The highest BCUT2D eigenvalue weighted by Crippen LogP contribution is 2.19. The third-order valence-electron chi connectivity index (χ3n) is 3.22. The van der Waals surface area contributed by atoms with E-state index in [0.717, 1.165) is 25.8 Å². The Bertz CT molecular complexity index is 279. The molecular formula is C12H22N2O3. The molecule has 98 valence electrons. The lowest BCUT2D eigenvalue weighted by molar-refractivity contribution is -0.143. The minimum absolute atomic E-state index is 0.0850. The third-order valence-corrected chi connectivity index (χ3v) is 3.22. The van der Waals surface area contributed by atoms with E-state index in [1.165, 1.54) is 7.11 Å². The molecule has 1 fully saturated rings. The molecule has 0 radical (unpaired) electrons. The number of hydrogen-bond donors (Lipinski definition) is 0. The molecule has 1 unspecified atom stereocenters. The number of methoxy groups -OCH3 is 1. The van der Waals surface area contributed by atoms with Gasteiger partial charge in [-0.3, -0.25) is 14.5 Å². The van der Waals surface area contributed by atoms with Gasteiger partial charge < -0.3 is 9.64 Å². The van der Waals surface area contributed by atoms with Crippen LogP contribution in [0.3, 0.4) is 0 Å². The van der Waals surface area contributed by atoms with E-state index in [0.29, 0.717) is 13.0 Å². The van der Waals surface area contributed by atoms with Gasteiger partial charge >= 0.3 is 5.97 Å². The van der Waals surface area contributed by atoms with Gasteiger partial charge in [0.1, 0.15) is 0 Å². The average molecular weight is 242 g/mol. The van der Waals surface area contributed by atoms with Crippen LogP contribution >= 0.6 is 0 Å². The summed E-state index contributed by atoms with van der Waals surface area (Å²) in [5, 5.41) is 0. The fourth-order valence-electron chi connectivity index (χ4n) is 2.09. The van der Waals surface area contributed by atoms with Crippen molar-refractivity contribution in [3.8, 4) is 0 Å². The Labute approximate surface area is 103 Å². The minimum atomic E-state index is -0.195. The SMILES string of the molecule is COC(=O)CC1CCCCN1CC(=O)N(C)C. The first-order valence-corrected chi connectivity index (χ1v) is 6.05. The van der Waals surface area contributed by atoms with Gasteiger partial charge in [-0.05, 0) is 19.4 Å². The molecule has 0 aromatic rings. The predicted octanol–water partition coefficient (Wildman–Crippen LogP) is 0.492. The monoisotopic (exact) mass is 242 g/mol. The molecule has 17 heavy (non-hydrogen) atoms. The van der Waals surface area contributed by atoms with Crippen LogP contribution in [0.5, 0.6) is 0 Å². The molecule has 1 saturated heterocycles. The van der Waals surface area contributed by atoms with Crippen molar-refractivity contribution in [2.75, 3.05) is 34.3 Å². The highest BCUT2D eigenvalue weighted by molar-refractivity contribution is 5.78. The number of nitrogens with zero attached hydrogens (tertiary/aromatic N) is 2. The molecule has 1 amide bonds. The molecule has 5 nitrogen and oxygen atoms in total. The van der Waals surface area contributed by atoms with Crippen LogP contribution in [0, 0.1) is 0 Å². The van der Waals surface area contributed by atoms with Gasteiger partial charge in [-0.25, -0.2) is 0 Å². The highest BCUT2D eigenvalue weighted by atomic mass is 16.5. The second-order valence-corrected chi connectivity index (χ2v) is 4.69. The van der Waals surface area contributed by atoms with Crippen LogP contribution < -0.4 is 0 Å². The first kappa shape index (κ1) is 14.0. The van der Waals surface area contributed by atoms with Crippen molar-refractivity contribution in [2.45, 2.75) is 31.7 Å². The van der Waals surface area contributed by atoms with Gasteiger partial charge in [-0.1, -0.05) is 6.42 Å². The normalized spacial score (nSPS) is 21.0. The lowest BCUT2D eigenvalue weighted by atomic mass is 9.99. The molecule has 0 aliphatic carbocycles. The van der Waals surface area contributed by atoms with Crippen molar-refractivity contribution in [1.82, 2.24) is 9.80 Å². The molecule has 0 saturated carbocycles. The topological polar surface area (TPSA) is 49.9 Å². The zero-order chi connectivity index (χ0) is 12.8. The maximum absolute atomic E-state index is 11.7. The van der Waals surface area contributed by atoms with Crippen molar-refractivity contribution in [1.29, 1.82) is 0 Å². The lowest BCUT2D eigenvalue weighted by Crippen LogP contribution is -2.46. The van der Waals surface area contributed by atoms with E-state index in [1.807, 2.05) is 0 Å². The van der Waals surface area contributed by atoms with Crippen LogP contribution in [0.2, 0.25) is 0 Å². The first-order chi connectivity index (χ1) is 8.04.